The summed E-state index contributed by atoms with van der Waals surface area (Å²) in [6.07, 6.45) is 2.47. The van der Waals surface area contributed by atoms with E-state index in [9.17, 15) is 0 Å². The van der Waals surface area contributed by atoms with Gasteiger partial charge in [0.1, 0.15) is 11.6 Å². The quantitative estimate of drug-likeness (QED) is 0.871. The maximum absolute atomic E-state index is 5.91. The van der Waals surface area contributed by atoms with E-state index in [1.807, 2.05) is 6.92 Å². The molecular formula is C13H21N3O. The van der Waals surface area contributed by atoms with Gasteiger partial charge in [-0.15, -0.1) is 0 Å². The Kier molecular flexibility index (Phi) is 3.22. The third-order valence-electron chi connectivity index (χ3n) is 3.33. The van der Waals surface area contributed by atoms with E-state index in [2.05, 4.69) is 30.7 Å². The molecule has 0 radical (unpaired) electrons. The van der Waals surface area contributed by atoms with Crippen LogP contribution in [0, 0.1) is 12.8 Å². The van der Waals surface area contributed by atoms with Gasteiger partial charge in [-0.05, 0) is 32.6 Å². The van der Waals surface area contributed by atoms with E-state index in [1.54, 1.807) is 0 Å². The molecule has 94 valence electrons. The van der Waals surface area contributed by atoms with E-state index in [1.165, 1.54) is 12.8 Å². The molecule has 4 heteroatoms. The van der Waals surface area contributed by atoms with Crippen LogP contribution >= 0.6 is 0 Å². The average molecular weight is 235 g/mol. The third-order valence-corrected chi connectivity index (χ3v) is 3.33. The molecule has 1 aliphatic carbocycles. The predicted octanol–water partition coefficient (Wildman–Crippen LogP) is 2.67. The average Bonchev–Trinajstić information content (AvgIpc) is 3.07. The Labute approximate surface area is 103 Å². The SMILES string of the molecule is Cc1c(N)nc(C2CC2)nc1OC(C)C(C)C. The van der Waals surface area contributed by atoms with E-state index < -0.39 is 0 Å². The highest BCUT2D eigenvalue weighted by Crippen LogP contribution is 2.39. The summed E-state index contributed by atoms with van der Waals surface area (Å²) in [5.41, 5.74) is 6.76. The van der Waals surface area contributed by atoms with Crippen LogP contribution in [-0.2, 0) is 0 Å². The molecule has 0 saturated heterocycles. The normalized spacial score (nSPS) is 17.2. The number of hydrogen-bond acceptors (Lipinski definition) is 4. The van der Waals surface area contributed by atoms with Crippen molar-refractivity contribution in [3.63, 3.8) is 0 Å². The molecule has 1 saturated carbocycles. The van der Waals surface area contributed by atoms with Crippen LogP contribution in [0.1, 0.15) is 50.9 Å². The number of nitrogens with two attached hydrogens (primary N) is 1. The highest BCUT2D eigenvalue weighted by atomic mass is 16.5. The first-order chi connectivity index (χ1) is 7.99. The summed E-state index contributed by atoms with van der Waals surface area (Å²) in [5, 5.41) is 0. The fourth-order valence-corrected chi connectivity index (χ4v) is 1.48. The second-order valence-corrected chi connectivity index (χ2v) is 5.24. The van der Waals surface area contributed by atoms with Crippen molar-refractivity contribution in [2.75, 3.05) is 5.73 Å². The fraction of sp³-hybridized carbons (Fsp3) is 0.692. The lowest BCUT2D eigenvalue weighted by Crippen LogP contribution is -2.20. The number of anilines is 1. The first-order valence-electron chi connectivity index (χ1n) is 6.29. The van der Waals surface area contributed by atoms with Gasteiger partial charge in [0.05, 0.1) is 11.7 Å². The summed E-state index contributed by atoms with van der Waals surface area (Å²) in [6, 6.07) is 0. The van der Waals surface area contributed by atoms with Crippen LogP contribution in [0.15, 0.2) is 0 Å². The van der Waals surface area contributed by atoms with Crippen LogP contribution < -0.4 is 10.5 Å². The highest BCUT2D eigenvalue weighted by Gasteiger charge is 2.28. The molecule has 1 atom stereocenters. The number of nitrogens with zero attached hydrogens (tertiary/aromatic N) is 2. The molecule has 1 aromatic heterocycles. The molecule has 0 aliphatic heterocycles. The zero-order chi connectivity index (χ0) is 12.6. The summed E-state index contributed by atoms with van der Waals surface area (Å²) in [6.45, 7) is 8.23. The molecule has 1 aliphatic rings. The molecule has 1 heterocycles. The Balaban J connectivity index is 2.25. The minimum absolute atomic E-state index is 0.134. The molecular weight excluding hydrogens is 214 g/mol. The summed E-state index contributed by atoms with van der Waals surface area (Å²) in [4.78, 5) is 8.84. The Morgan fingerprint density at radius 1 is 1.24 bits per heavy atom. The summed E-state index contributed by atoms with van der Waals surface area (Å²) < 4.78 is 5.87. The molecule has 0 bridgehead atoms. The third kappa shape index (κ3) is 2.68. The van der Waals surface area contributed by atoms with Gasteiger partial charge in [-0.3, -0.25) is 0 Å². The van der Waals surface area contributed by atoms with Crippen molar-refractivity contribution >= 4 is 5.82 Å². The van der Waals surface area contributed by atoms with E-state index >= 15 is 0 Å². The van der Waals surface area contributed by atoms with Crippen molar-refractivity contribution < 1.29 is 4.74 Å². The Morgan fingerprint density at radius 3 is 2.41 bits per heavy atom. The lowest BCUT2D eigenvalue weighted by atomic mass is 10.1. The van der Waals surface area contributed by atoms with Crippen molar-refractivity contribution in [3.8, 4) is 5.88 Å². The van der Waals surface area contributed by atoms with Gasteiger partial charge >= 0.3 is 0 Å². The molecule has 0 spiro atoms. The number of aromatic nitrogens is 2. The number of nitrogen functional groups attached to an aromatic ring is 1. The van der Waals surface area contributed by atoms with Crippen molar-refractivity contribution in [1.29, 1.82) is 0 Å². The first kappa shape index (κ1) is 12.1. The largest absolute Gasteiger partial charge is 0.474 e. The van der Waals surface area contributed by atoms with Gasteiger partial charge in [0.2, 0.25) is 5.88 Å². The number of rotatable bonds is 4. The Morgan fingerprint density at radius 2 is 1.88 bits per heavy atom. The van der Waals surface area contributed by atoms with E-state index in [0.29, 0.717) is 23.5 Å². The van der Waals surface area contributed by atoms with Gasteiger partial charge < -0.3 is 10.5 Å². The van der Waals surface area contributed by atoms with Gasteiger partial charge in [0, 0.05) is 5.92 Å². The van der Waals surface area contributed by atoms with E-state index in [4.69, 9.17) is 10.5 Å². The molecule has 1 aromatic rings. The van der Waals surface area contributed by atoms with Crippen LogP contribution in [0.2, 0.25) is 0 Å². The summed E-state index contributed by atoms with van der Waals surface area (Å²) in [7, 11) is 0. The zero-order valence-corrected chi connectivity index (χ0v) is 11.0. The van der Waals surface area contributed by atoms with Crippen molar-refractivity contribution in [1.82, 2.24) is 9.97 Å². The van der Waals surface area contributed by atoms with Gasteiger partial charge in [-0.1, -0.05) is 13.8 Å². The van der Waals surface area contributed by atoms with E-state index in [-0.39, 0.29) is 6.10 Å². The maximum Gasteiger partial charge on any atom is 0.222 e. The molecule has 1 fully saturated rings. The summed E-state index contributed by atoms with van der Waals surface area (Å²) in [5.74, 6) is 3.00. The van der Waals surface area contributed by atoms with Crippen LogP contribution in [0.5, 0.6) is 5.88 Å². The van der Waals surface area contributed by atoms with Crippen molar-refractivity contribution in [3.05, 3.63) is 11.4 Å². The van der Waals surface area contributed by atoms with Crippen LogP contribution in [0.4, 0.5) is 5.82 Å². The van der Waals surface area contributed by atoms with Gasteiger partial charge in [-0.2, -0.15) is 4.98 Å². The van der Waals surface area contributed by atoms with Crippen LogP contribution in [0.3, 0.4) is 0 Å². The lowest BCUT2D eigenvalue weighted by molar-refractivity contribution is 0.161. The van der Waals surface area contributed by atoms with Crippen LogP contribution in [0.25, 0.3) is 0 Å². The minimum Gasteiger partial charge on any atom is -0.474 e. The second kappa shape index (κ2) is 4.51. The molecule has 0 amide bonds. The molecule has 17 heavy (non-hydrogen) atoms. The number of hydrogen-bond donors (Lipinski definition) is 1. The second-order valence-electron chi connectivity index (χ2n) is 5.24. The smallest absolute Gasteiger partial charge is 0.222 e. The molecule has 4 nitrogen and oxygen atoms in total. The van der Waals surface area contributed by atoms with Crippen molar-refractivity contribution in [2.45, 2.75) is 52.6 Å². The predicted molar refractivity (Wildman–Crippen MR) is 68.1 cm³/mol. The Hall–Kier alpha value is -1.32. The van der Waals surface area contributed by atoms with Gasteiger partial charge in [0.25, 0.3) is 0 Å². The Bertz CT molecular complexity index is 413. The highest BCUT2D eigenvalue weighted by molar-refractivity contribution is 5.45. The van der Waals surface area contributed by atoms with Crippen LogP contribution in [-0.4, -0.2) is 16.1 Å². The van der Waals surface area contributed by atoms with Gasteiger partial charge in [-0.25, -0.2) is 4.98 Å². The lowest BCUT2D eigenvalue weighted by Gasteiger charge is -2.19. The minimum atomic E-state index is 0.134. The zero-order valence-electron chi connectivity index (χ0n) is 11.0. The first-order valence-corrected chi connectivity index (χ1v) is 6.29. The standard InChI is InChI=1S/C13H21N3O/c1-7(2)9(4)17-13-8(3)11(14)15-12(16-13)10-5-6-10/h7,9-10H,5-6H2,1-4H3,(H2,14,15,16). The molecule has 1 unspecified atom stereocenters. The molecule has 2 rings (SSSR count). The fourth-order valence-electron chi connectivity index (χ4n) is 1.48. The van der Waals surface area contributed by atoms with E-state index in [0.717, 1.165) is 11.4 Å². The molecule has 0 aromatic carbocycles. The maximum atomic E-state index is 5.91. The number of ether oxygens (including phenoxy) is 1. The molecule has 2 N–H and O–H groups in total. The topological polar surface area (TPSA) is 61.0 Å². The summed E-state index contributed by atoms with van der Waals surface area (Å²) >= 11 is 0. The van der Waals surface area contributed by atoms with Gasteiger partial charge in [0.15, 0.2) is 0 Å². The monoisotopic (exact) mass is 235 g/mol. The van der Waals surface area contributed by atoms with Crippen molar-refractivity contribution in [2.24, 2.45) is 5.92 Å².